The number of anilines is 2. The van der Waals surface area contributed by atoms with E-state index in [9.17, 15) is 4.79 Å². The van der Waals surface area contributed by atoms with E-state index in [1.807, 2.05) is 0 Å². The van der Waals surface area contributed by atoms with Crippen LogP contribution in [0.15, 0.2) is 18.2 Å². The molecule has 0 spiro atoms. The molecule has 0 atom stereocenters. The Bertz CT molecular complexity index is 458. The van der Waals surface area contributed by atoms with E-state index in [1.54, 1.807) is 25.3 Å². The molecule has 20 heavy (non-hydrogen) atoms. The van der Waals surface area contributed by atoms with Crippen LogP contribution < -0.4 is 15.8 Å². The largest absolute Gasteiger partial charge is 0.494 e. The molecule has 0 heterocycles. The highest BCUT2D eigenvalue weighted by atomic mass is 16.5. The van der Waals surface area contributed by atoms with E-state index in [-0.39, 0.29) is 5.91 Å². The molecule has 1 aliphatic carbocycles. The molecule has 3 N–H and O–H groups in total. The fourth-order valence-corrected chi connectivity index (χ4v) is 1.89. The first-order valence-electron chi connectivity index (χ1n) is 7.00. The number of amides is 1. The number of hydrogen-bond donors (Lipinski definition) is 2. The Kier molecular flexibility index (Phi) is 5.24. The predicted molar refractivity (Wildman–Crippen MR) is 78.8 cm³/mol. The van der Waals surface area contributed by atoms with Crippen molar-refractivity contribution in [2.24, 2.45) is 5.92 Å². The molecule has 1 amide bonds. The lowest BCUT2D eigenvalue weighted by Gasteiger charge is -2.10. The highest BCUT2D eigenvalue weighted by Crippen LogP contribution is 2.29. The fourth-order valence-electron chi connectivity index (χ4n) is 1.89. The Balaban J connectivity index is 1.70. The second-order valence-electron chi connectivity index (χ2n) is 5.13. The van der Waals surface area contributed by atoms with Crippen molar-refractivity contribution in [3.05, 3.63) is 18.2 Å². The van der Waals surface area contributed by atoms with E-state index in [1.165, 1.54) is 12.8 Å². The van der Waals surface area contributed by atoms with Gasteiger partial charge in [-0.1, -0.05) is 0 Å². The number of benzene rings is 1. The first kappa shape index (κ1) is 14.7. The number of methoxy groups -OCH3 is 1. The summed E-state index contributed by atoms with van der Waals surface area (Å²) in [5, 5.41) is 2.83. The van der Waals surface area contributed by atoms with Crippen LogP contribution in [0, 0.1) is 5.92 Å². The van der Waals surface area contributed by atoms with E-state index in [0.717, 1.165) is 18.9 Å². The molecule has 5 nitrogen and oxygen atoms in total. The minimum atomic E-state index is -0.0388. The highest BCUT2D eigenvalue weighted by Gasteiger charge is 2.20. The van der Waals surface area contributed by atoms with Crippen LogP contribution in [0.1, 0.15) is 25.7 Å². The minimum absolute atomic E-state index is 0.0388. The summed E-state index contributed by atoms with van der Waals surface area (Å²) < 4.78 is 10.7. The van der Waals surface area contributed by atoms with Crippen LogP contribution in [-0.2, 0) is 9.53 Å². The van der Waals surface area contributed by atoms with Crippen LogP contribution >= 0.6 is 0 Å². The Labute approximate surface area is 119 Å². The number of nitrogens with one attached hydrogen (secondary N) is 1. The van der Waals surface area contributed by atoms with Crippen molar-refractivity contribution in [2.75, 3.05) is 31.4 Å². The number of ether oxygens (including phenoxy) is 2. The molecule has 1 aromatic rings. The lowest BCUT2D eigenvalue weighted by atomic mass is 10.2. The fraction of sp³-hybridized carbons (Fsp3) is 0.533. The summed E-state index contributed by atoms with van der Waals surface area (Å²) in [6, 6.07) is 5.17. The zero-order valence-electron chi connectivity index (χ0n) is 11.9. The molecule has 1 fully saturated rings. The average Bonchev–Trinajstić information content (AvgIpc) is 3.24. The Hall–Kier alpha value is -1.75. The van der Waals surface area contributed by atoms with E-state index < -0.39 is 0 Å². The summed E-state index contributed by atoms with van der Waals surface area (Å²) in [5.41, 5.74) is 6.92. The average molecular weight is 278 g/mol. The number of rotatable bonds is 8. The zero-order chi connectivity index (χ0) is 14.4. The third kappa shape index (κ3) is 4.74. The summed E-state index contributed by atoms with van der Waals surface area (Å²) in [5.74, 6) is 1.30. The molecule has 0 aliphatic heterocycles. The second-order valence-corrected chi connectivity index (χ2v) is 5.13. The summed E-state index contributed by atoms with van der Waals surface area (Å²) >= 11 is 0. The van der Waals surface area contributed by atoms with E-state index in [4.69, 9.17) is 15.2 Å². The van der Waals surface area contributed by atoms with Gasteiger partial charge in [-0.15, -0.1) is 0 Å². The molecule has 0 radical (unpaired) electrons. The molecular weight excluding hydrogens is 256 g/mol. The van der Waals surface area contributed by atoms with Crippen molar-refractivity contribution in [1.29, 1.82) is 0 Å². The van der Waals surface area contributed by atoms with Gasteiger partial charge in [-0.25, -0.2) is 0 Å². The first-order valence-corrected chi connectivity index (χ1v) is 7.00. The van der Waals surface area contributed by atoms with Gasteiger partial charge >= 0.3 is 0 Å². The van der Waals surface area contributed by atoms with Crippen LogP contribution in [0.3, 0.4) is 0 Å². The molecule has 0 saturated heterocycles. The maximum Gasteiger partial charge on any atom is 0.224 e. The summed E-state index contributed by atoms with van der Waals surface area (Å²) in [6.45, 7) is 1.48. The molecule has 1 saturated carbocycles. The van der Waals surface area contributed by atoms with Gasteiger partial charge in [0.1, 0.15) is 5.75 Å². The first-order chi connectivity index (χ1) is 9.69. The maximum atomic E-state index is 11.8. The van der Waals surface area contributed by atoms with Crippen molar-refractivity contribution in [2.45, 2.75) is 25.7 Å². The third-order valence-electron chi connectivity index (χ3n) is 3.24. The summed E-state index contributed by atoms with van der Waals surface area (Å²) in [7, 11) is 1.55. The second kappa shape index (κ2) is 7.14. The van der Waals surface area contributed by atoms with E-state index in [0.29, 0.717) is 30.2 Å². The lowest BCUT2D eigenvalue weighted by Crippen LogP contribution is -2.13. The van der Waals surface area contributed by atoms with Crippen LogP contribution in [0.5, 0.6) is 5.75 Å². The van der Waals surface area contributed by atoms with Gasteiger partial charge in [0.25, 0.3) is 0 Å². The topological polar surface area (TPSA) is 73.6 Å². The van der Waals surface area contributed by atoms with Gasteiger partial charge < -0.3 is 20.5 Å². The maximum absolute atomic E-state index is 11.8. The van der Waals surface area contributed by atoms with E-state index >= 15 is 0 Å². The summed E-state index contributed by atoms with van der Waals surface area (Å²) in [6.07, 6.45) is 3.75. The quantitative estimate of drug-likeness (QED) is 0.566. The van der Waals surface area contributed by atoms with Gasteiger partial charge in [0.2, 0.25) is 5.91 Å². The number of carbonyl (C=O) groups excluding carboxylic acids is 1. The molecule has 110 valence electrons. The van der Waals surface area contributed by atoms with Gasteiger partial charge in [-0.2, -0.15) is 0 Å². The molecule has 5 heteroatoms. The third-order valence-corrected chi connectivity index (χ3v) is 3.24. The zero-order valence-corrected chi connectivity index (χ0v) is 11.9. The van der Waals surface area contributed by atoms with Crippen LogP contribution in [-0.4, -0.2) is 26.2 Å². The highest BCUT2D eigenvalue weighted by molar-refractivity contribution is 5.92. The number of nitrogens with two attached hydrogens (primary N) is 1. The van der Waals surface area contributed by atoms with Crippen molar-refractivity contribution in [3.63, 3.8) is 0 Å². The summed E-state index contributed by atoms with van der Waals surface area (Å²) in [4.78, 5) is 11.8. The van der Waals surface area contributed by atoms with Crippen molar-refractivity contribution in [3.8, 4) is 5.75 Å². The van der Waals surface area contributed by atoms with Crippen LogP contribution in [0.25, 0.3) is 0 Å². The normalized spacial score (nSPS) is 14.1. The van der Waals surface area contributed by atoms with Crippen molar-refractivity contribution in [1.82, 2.24) is 0 Å². The van der Waals surface area contributed by atoms with Crippen molar-refractivity contribution < 1.29 is 14.3 Å². The molecular formula is C15H22N2O3. The number of hydrogen-bond acceptors (Lipinski definition) is 4. The Morgan fingerprint density at radius 3 is 2.95 bits per heavy atom. The monoisotopic (exact) mass is 278 g/mol. The van der Waals surface area contributed by atoms with Gasteiger partial charge in [0, 0.05) is 31.4 Å². The van der Waals surface area contributed by atoms with E-state index in [2.05, 4.69) is 5.32 Å². The molecule has 0 bridgehead atoms. The van der Waals surface area contributed by atoms with Gasteiger partial charge in [0.15, 0.2) is 0 Å². The van der Waals surface area contributed by atoms with Crippen LogP contribution in [0.4, 0.5) is 11.4 Å². The SMILES string of the molecule is COc1cc(N)ccc1NC(=O)CCCOCC1CC1. The minimum Gasteiger partial charge on any atom is -0.494 e. The molecule has 0 aromatic heterocycles. The molecule has 2 rings (SSSR count). The molecule has 1 aliphatic rings. The Morgan fingerprint density at radius 1 is 1.45 bits per heavy atom. The standard InChI is InChI=1S/C15H22N2O3/c1-19-14-9-12(16)6-7-13(14)17-15(18)3-2-8-20-10-11-4-5-11/h6-7,9,11H,2-5,8,10,16H2,1H3,(H,17,18). The van der Waals surface area contributed by atoms with Gasteiger partial charge in [0.05, 0.1) is 12.8 Å². The molecule has 0 unspecified atom stereocenters. The van der Waals surface area contributed by atoms with Gasteiger partial charge in [-0.3, -0.25) is 4.79 Å². The predicted octanol–water partition coefficient (Wildman–Crippen LogP) is 2.42. The van der Waals surface area contributed by atoms with Gasteiger partial charge in [-0.05, 0) is 37.3 Å². The Morgan fingerprint density at radius 2 is 2.25 bits per heavy atom. The van der Waals surface area contributed by atoms with Crippen LogP contribution in [0.2, 0.25) is 0 Å². The van der Waals surface area contributed by atoms with Crippen molar-refractivity contribution >= 4 is 17.3 Å². The number of carbonyl (C=O) groups is 1. The lowest BCUT2D eigenvalue weighted by molar-refractivity contribution is -0.116. The molecule has 1 aromatic carbocycles. The smallest absolute Gasteiger partial charge is 0.224 e. The number of nitrogen functional groups attached to an aromatic ring is 1.